The molecule has 0 aliphatic carbocycles. The SMILES string of the molecule is CNc1c(-c2ccccc2C)c(C#N)c(N)n2nccc12. The number of benzene rings is 1. The number of hydrogen-bond donors (Lipinski definition) is 2. The normalized spacial score (nSPS) is 10.5. The van der Waals surface area contributed by atoms with Crippen LogP contribution in [0.5, 0.6) is 0 Å². The van der Waals surface area contributed by atoms with Crippen molar-refractivity contribution in [3.63, 3.8) is 0 Å². The number of pyridine rings is 1. The number of fused-ring (bicyclic) bond motifs is 1. The van der Waals surface area contributed by atoms with Gasteiger partial charge in [-0.2, -0.15) is 10.4 Å². The van der Waals surface area contributed by atoms with Gasteiger partial charge in [0.2, 0.25) is 0 Å². The summed E-state index contributed by atoms with van der Waals surface area (Å²) < 4.78 is 1.59. The number of anilines is 2. The van der Waals surface area contributed by atoms with Crippen LogP contribution >= 0.6 is 0 Å². The molecular formula is C16H15N5. The topological polar surface area (TPSA) is 79.1 Å². The van der Waals surface area contributed by atoms with Gasteiger partial charge in [0.1, 0.15) is 17.5 Å². The molecule has 1 aromatic carbocycles. The van der Waals surface area contributed by atoms with Crippen molar-refractivity contribution in [3.8, 4) is 17.2 Å². The van der Waals surface area contributed by atoms with Crippen LogP contribution in [0, 0.1) is 18.3 Å². The second-order valence-corrected chi connectivity index (χ2v) is 4.82. The van der Waals surface area contributed by atoms with E-state index in [2.05, 4.69) is 16.5 Å². The smallest absolute Gasteiger partial charge is 0.144 e. The number of aryl methyl sites for hydroxylation is 1. The fourth-order valence-corrected chi connectivity index (χ4v) is 2.66. The highest BCUT2D eigenvalue weighted by molar-refractivity contribution is 5.95. The van der Waals surface area contributed by atoms with Crippen molar-refractivity contribution < 1.29 is 0 Å². The number of hydrogen-bond acceptors (Lipinski definition) is 4. The fourth-order valence-electron chi connectivity index (χ4n) is 2.66. The number of rotatable bonds is 2. The van der Waals surface area contributed by atoms with E-state index in [1.807, 2.05) is 44.3 Å². The lowest BCUT2D eigenvalue weighted by Crippen LogP contribution is -2.07. The number of nitrogens with zero attached hydrogens (tertiary/aromatic N) is 3. The van der Waals surface area contributed by atoms with Crippen LogP contribution in [0.25, 0.3) is 16.6 Å². The largest absolute Gasteiger partial charge is 0.386 e. The maximum absolute atomic E-state index is 9.57. The Kier molecular flexibility index (Phi) is 2.99. The van der Waals surface area contributed by atoms with Crippen LogP contribution in [-0.2, 0) is 0 Å². The third kappa shape index (κ3) is 1.81. The molecule has 104 valence electrons. The third-order valence-electron chi connectivity index (χ3n) is 3.66. The second-order valence-electron chi connectivity index (χ2n) is 4.82. The molecule has 0 unspecified atom stereocenters. The van der Waals surface area contributed by atoms with Crippen molar-refractivity contribution in [3.05, 3.63) is 47.7 Å². The first kappa shape index (κ1) is 13.0. The fraction of sp³-hybridized carbons (Fsp3) is 0.125. The summed E-state index contributed by atoms with van der Waals surface area (Å²) in [6.07, 6.45) is 1.68. The molecule has 0 bridgehead atoms. The summed E-state index contributed by atoms with van der Waals surface area (Å²) in [5, 5.41) is 16.9. The van der Waals surface area contributed by atoms with Gasteiger partial charge in [-0.15, -0.1) is 0 Å². The molecule has 0 radical (unpaired) electrons. The molecule has 0 amide bonds. The third-order valence-corrected chi connectivity index (χ3v) is 3.66. The van der Waals surface area contributed by atoms with Crippen LogP contribution in [-0.4, -0.2) is 16.7 Å². The van der Waals surface area contributed by atoms with Gasteiger partial charge in [-0.1, -0.05) is 24.3 Å². The molecule has 0 atom stereocenters. The van der Waals surface area contributed by atoms with Crippen molar-refractivity contribution in [2.45, 2.75) is 6.92 Å². The summed E-state index contributed by atoms with van der Waals surface area (Å²) in [5.41, 5.74) is 11.2. The first-order valence-corrected chi connectivity index (χ1v) is 6.62. The molecule has 21 heavy (non-hydrogen) atoms. The average Bonchev–Trinajstić information content (AvgIpc) is 2.97. The summed E-state index contributed by atoms with van der Waals surface area (Å²) in [7, 11) is 1.83. The van der Waals surface area contributed by atoms with E-state index in [1.54, 1.807) is 10.7 Å². The highest BCUT2D eigenvalue weighted by Crippen LogP contribution is 2.38. The predicted octanol–water partition coefficient (Wildman–Crippen LogP) is 2.81. The van der Waals surface area contributed by atoms with E-state index < -0.39 is 0 Å². The molecule has 3 rings (SSSR count). The van der Waals surface area contributed by atoms with Crippen LogP contribution in [0.15, 0.2) is 36.5 Å². The minimum Gasteiger partial charge on any atom is -0.386 e. The molecular weight excluding hydrogens is 262 g/mol. The molecule has 0 spiro atoms. The lowest BCUT2D eigenvalue weighted by atomic mass is 9.95. The van der Waals surface area contributed by atoms with Gasteiger partial charge in [-0.3, -0.25) is 0 Å². The van der Waals surface area contributed by atoms with Gasteiger partial charge in [0.15, 0.2) is 0 Å². The van der Waals surface area contributed by atoms with E-state index in [0.717, 1.165) is 27.9 Å². The van der Waals surface area contributed by atoms with Crippen molar-refractivity contribution in [1.29, 1.82) is 5.26 Å². The van der Waals surface area contributed by atoms with Gasteiger partial charge < -0.3 is 11.1 Å². The maximum Gasteiger partial charge on any atom is 0.144 e. The van der Waals surface area contributed by atoms with E-state index >= 15 is 0 Å². The molecule has 0 saturated heterocycles. The Morgan fingerprint density at radius 1 is 1.29 bits per heavy atom. The summed E-state index contributed by atoms with van der Waals surface area (Å²) in [6.45, 7) is 2.02. The first-order chi connectivity index (χ1) is 10.2. The molecule has 3 N–H and O–H groups in total. The summed E-state index contributed by atoms with van der Waals surface area (Å²) in [6, 6.07) is 12.1. The minimum absolute atomic E-state index is 0.356. The van der Waals surface area contributed by atoms with Gasteiger partial charge in [-0.05, 0) is 24.1 Å². The summed E-state index contributed by atoms with van der Waals surface area (Å²) in [5.74, 6) is 0.356. The highest BCUT2D eigenvalue weighted by Gasteiger charge is 2.20. The zero-order valence-corrected chi connectivity index (χ0v) is 11.9. The van der Waals surface area contributed by atoms with E-state index in [1.165, 1.54) is 0 Å². The lowest BCUT2D eigenvalue weighted by molar-refractivity contribution is 0.971. The van der Waals surface area contributed by atoms with Crippen LogP contribution in [0.3, 0.4) is 0 Å². The molecule has 0 fully saturated rings. The van der Waals surface area contributed by atoms with Crippen molar-refractivity contribution >= 4 is 17.0 Å². The molecule has 0 saturated carbocycles. The van der Waals surface area contributed by atoms with Gasteiger partial charge in [-0.25, -0.2) is 4.52 Å². The van der Waals surface area contributed by atoms with Gasteiger partial charge >= 0.3 is 0 Å². The molecule has 2 aromatic heterocycles. The van der Waals surface area contributed by atoms with Gasteiger partial charge in [0.25, 0.3) is 0 Å². The van der Waals surface area contributed by atoms with E-state index in [4.69, 9.17) is 5.73 Å². The van der Waals surface area contributed by atoms with Gasteiger partial charge in [0, 0.05) is 12.6 Å². The Hall–Kier alpha value is -3.00. The summed E-state index contributed by atoms with van der Waals surface area (Å²) >= 11 is 0. The molecule has 0 aliphatic heterocycles. The highest BCUT2D eigenvalue weighted by atomic mass is 15.3. The Bertz CT molecular complexity index is 870. The van der Waals surface area contributed by atoms with Crippen molar-refractivity contribution in [1.82, 2.24) is 9.61 Å². The van der Waals surface area contributed by atoms with Crippen LogP contribution < -0.4 is 11.1 Å². The quantitative estimate of drug-likeness (QED) is 0.755. The van der Waals surface area contributed by atoms with Crippen LogP contribution in [0.1, 0.15) is 11.1 Å². The van der Waals surface area contributed by atoms with Crippen molar-refractivity contribution in [2.24, 2.45) is 0 Å². The Labute approximate surface area is 122 Å². The van der Waals surface area contributed by atoms with Gasteiger partial charge in [0.05, 0.1) is 17.4 Å². The molecule has 5 heteroatoms. The van der Waals surface area contributed by atoms with E-state index in [-0.39, 0.29) is 0 Å². The Balaban J connectivity index is 2.52. The number of nitrogen functional groups attached to an aromatic ring is 1. The number of nitriles is 1. The Morgan fingerprint density at radius 3 is 2.71 bits per heavy atom. The molecule has 0 aliphatic rings. The number of nitrogens with two attached hydrogens (primary N) is 1. The van der Waals surface area contributed by atoms with Crippen LogP contribution in [0.4, 0.5) is 11.5 Å². The first-order valence-electron chi connectivity index (χ1n) is 6.62. The Morgan fingerprint density at radius 2 is 2.05 bits per heavy atom. The van der Waals surface area contributed by atoms with Crippen molar-refractivity contribution in [2.75, 3.05) is 18.1 Å². The molecule has 5 nitrogen and oxygen atoms in total. The zero-order valence-electron chi connectivity index (χ0n) is 11.9. The lowest BCUT2D eigenvalue weighted by Gasteiger charge is -2.17. The van der Waals surface area contributed by atoms with Crippen LogP contribution in [0.2, 0.25) is 0 Å². The molecule has 2 heterocycles. The standard InChI is InChI=1S/C16H15N5/c1-10-5-3-4-6-11(10)14-12(9-17)16(18)21-13(7-8-20-21)15(14)19-2/h3-8,19H,18H2,1-2H3. The monoisotopic (exact) mass is 277 g/mol. The van der Waals surface area contributed by atoms with E-state index in [9.17, 15) is 5.26 Å². The number of nitrogens with one attached hydrogen (secondary N) is 1. The average molecular weight is 277 g/mol. The molecule has 3 aromatic rings. The zero-order chi connectivity index (χ0) is 15.0. The predicted molar refractivity (Wildman–Crippen MR) is 84.0 cm³/mol. The number of aromatic nitrogens is 2. The maximum atomic E-state index is 9.57. The minimum atomic E-state index is 0.356. The van der Waals surface area contributed by atoms with E-state index in [0.29, 0.717) is 11.4 Å². The second kappa shape index (κ2) is 4.84. The summed E-state index contributed by atoms with van der Waals surface area (Å²) in [4.78, 5) is 0.